The van der Waals surface area contributed by atoms with Gasteiger partial charge in [0.25, 0.3) is 0 Å². The molecule has 21 heavy (non-hydrogen) atoms. The van der Waals surface area contributed by atoms with Gasteiger partial charge in [0, 0.05) is 12.8 Å². The number of carbonyl (C=O) groups excluding carboxylic acids is 1. The summed E-state index contributed by atoms with van der Waals surface area (Å²) in [5, 5.41) is 11.6. The van der Waals surface area contributed by atoms with Gasteiger partial charge in [-0.2, -0.15) is 0 Å². The molecule has 8 heteroatoms. The van der Waals surface area contributed by atoms with Crippen molar-refractivity contribution in [2.45, 2.75) is 39.7 Å². The second-order valence-electron chi connectivity index (χ2n) is 6.57. The predicted molar refractivity (Wildman–Crippen MR) is 80.5 cm³/mol. The van der Waals surface area contributed by atoms with Crippen molar-refractivity contribution in [1.29, 1.82) is 0 Å². The lowest BCUT2D eigenvalue weighted by Gasteiger charge is -2.24. The van der Waals surface area contributed by atoms with E-state index in [4.69, 9.17) is 10.8 Å². The standard InChI is InChI=1S/C13H26N2O5S/c1-13(2,3)7-9(12(17)18)8-15-11(16)10(14)5-6-21(4,19)20/h9-10H,5-8,14H2,1-4H3,(H,15,16)(H,17,18). The molecule has 2 atom stereocenters. The number of hydrogen-bond acceptors (Lipinski definition) is 5. The van der Waals surface area contributed by atoms with E-state index in [1.165, 1.54) is 0 Å². The molecule has 7 nitrogen and oxygen atoms in total. The molecular formula is C13H26N2O5S. The van der Waals surface area contributed by atoms with Gasteiger partial charge in [0.2, 0.25) is 5.91 Å². The Morgan fingerprint density at radius 1 is 1.29 bits per heavy atom. The zero-order chi connectivity index (χ0) is 16.8. The number of nitrogens with two attached hydrogens (primary N) is 1. The fourth-order valence-corrected chi connectivity index (χ4v) is 2.50. The van der Waals surface area contributed by atoms with Crippen LogP contribution in [0.2, 0.25) is 0 Å². The molecule has 0 heterocycles. The zero-order valence-electron chi connectivity index (χ0n) is 13.0. The average molecular weight is 322 g/mol. The number of hydrogen-bond donors (Lipinski definition) is 3. The van der Waals surface area contributed by atoms with Crippen molar-refractivity contribution in [1.82, 2.24) is 5.32 Å². The molecule has 0 saturated carbocycles. The van der Waals surface area contributed by atoms with Crippen LogP contribution in [0, 0.1) is 11.3 Å². The number of carboxylic acid groups (broad SMARTS) is 1. The van der Waals surface area contributed by atoms with E-state index in [-0.39, 0.29) is 24.1 Å². The number of carboxylic acids is 1. The first kappa shape index (κ1) is 19.9. The van der Waals surface area contributed by atoms with Crippen LogP contribution >= 0.6 is 0 Å². The molecule has 0 bridgehead atoms. The molecule has 0 saturated heterocycles. The molecule has 124 valence electrons. The van der Waals surface area contributed by atoms with Crippen LogP contribution in [-0.4, -0.2) is 50.0 Å². The van der Waals surface area contributed by atoms with E-state index in [1.807, 2.05) is 20.8 Å². The summed E-state index contributed by atoms with van der Waals surface area (Å²) in [6, 6.07) is -0.955. The predicted octanol–water partition coefficient (Wildman–Crippen LogP) is 0.00160. The van der Waals surface area contributed by atoms with Crippen LogP contribution in [0.4, 0.5) is 0 Å². The third-order valence-electron chi connectivity index (χ3n) is 2.87. The first-order valence-electron chi connectivity index (χ1n) is 6.75. The van der Waals surface area contributed by atoms with E-state index in [1.54, 1.807) is 0 Å². The SMILES string of the molecule is CC(C)(C)CC(CNC(=O)C(N)CCS(C)(=O)=O)C(=O)O. The Labute approximate surface area is 126 Å². The van der Waals surface area contributed by atoms with Gasteiger partial charge in [0.1, 0.15) is 9.84 Å². The lowest BCUT2D eigenvalue weighted by Crippen LogP contribution is -2.44. The van der Waals surface area contributed by atoms with E-state index in [0.29, 0.717) is 6.42 Å². The van der Waals surface area contributed by atoms with Gasteiger partial charge in [-0.3, -0.25) is 9.59 Å². The molecular weight excluding hydrogens is 296 g/mol. The number of sulfone groups is 1. The van der Waals surface area contributed by atoms with Crippen LogP contribution in [-0.2, 0) is 19.4 Å². The molecule has 2 unspecified atom stereocenters. The normalized spacial score (nSPS) is 15.3. The Hall–Kier alpha value is -1.15. The zero-order valence-corrected chi connectivity index (χ0v) is 13.9. The molecule has 0 aromatic rings. The molecule has 1 amide bonds. The van der Waals surface area contributed by atoms with Gasteiger partial charge in [-0.1, -0.05) is 20.8 Å². The Bertz CT molecular complexity index is 467. The van der Waals surface area contributed by atoms with Crippen LogP contribution in [0.15, 0.2) is 0 Å². The highest BCUT2D eigenvalue weighted by Crippen LogP contribution is 2.24. The Morgan fingerprint density at radius 3 is 2.19 bits per heavy atom. The van der Waals surface area contributed by atoms with Crippen molar-refractivity contribution in [2.75, 3.05) is 18.6 Å². The summed E-state index contributed by atoms with van der Waals surface area (Å²) in [5.41, 5.74) is 5.42. The quantitative estimate of drug-likeness (QED) is 0.577. The van der Waals surface area contributed by atoms with E-state index >= 15 is 0 Å². The van der Waals surface area contributed by atoms with E-state index in [2.05, 4.69) is 5.32 Å². The molecule has 0 aromatic heterocycles. The first-order valence-corrected chi connectivity index (χ1v) is 8.82. The van der Waals surface area contributed by atoms with Gasteiger partial charge in [0.15, 0.2) is 0 Å². The minimum Gasteiger partial charge on any atom is -0.481 e. The summed E-state index contributed by atoms with van der Waals surface area (Å²) in [6.45, 7) is 5.74. The maximum absolute atomic E-state index is 11.7. The largest absolute Gasteiger partial charge is 0.481 e. The van der Waals surface area contributed by atoms with Crippen molar-refractivity contribution in [3.8, 4) is 0 Å². The number of nitrogens with one attached hydrogen (secondary N) is 1. The van der Waals surface area contributed by atoms with Gasteiger partial charge in [-0.25, -0.2) is 8.42 Å². The Kier molecular flexibility index (Phi) is 7.32. The molecule has 0 aliphatic rings. The number of carbonyl (C=O) groups is 2. The summed E-state index contributed by atoms with van der Waals surface area (Å²) in [4.78, 5) is 22.9. The molecule has 4 N–H and O–H groups in total. The van der Waals surface area contributed by atoms with E-state index in [0.717, 1.165) is 6.26 Å². The number of aliphatic carboxylic acids is 1. The highest BCUT2D eigenvalue weighted by atomic mass is 32.2. The lowest BCUT2D eigenvalue weighted by molar-refractivity contribution is -0.142. The molecule has 0 spiro atoms. The Morgan fingerprint density at radius 2 is 1.81 bits per heavy atom. The van der Waals surface area contributed by atoms with Crippen LogP contribution in [0.25, 0.3) is 0 Å². The van der Waals surface area contributed by atoms with Crippen molar-refractivity contribution in [3.05, 3.63) is 0 Å². The van der Waals surface area contributed by atoms with Crippen LogP contribution in [0.1, 0.15) is 33.6 Å². The summed E-state index contributed by atoms with van der Waals surface area (Å²) in [5.74, 6) is -2.38. The summed E-state index contributed by atoms with van der Waals surface area (Å²) in [7, 11) is -3.18. The molecule has 0 aliphatic carbocycles. The van der Waals surface area contributed by atoms with Crippen LogP contribution in [0.5, 0.6) is 0 Å². The first-order chi connectivity index (χ1) is 9.32. The van der Waals surface area contributed by atoms with Gasteiger partial charge in [0.05, 0.1) is 17.7 Å². The highest BCUT2D eigenvalue weighted by molar-refractivity contribution is 7.90. The Balaban J connectivity index is 4.40. The molecule has 0 aromatic carbocycles. The van der Waals surface area contributed by atoms with Crippen molar-refractivity contribution < 1.29 is 23.1 Å². The minimum absolute atomic E-state index is 0.0156. The summed E-state index contributed by atoms with van der Waals surface area (Å²) >= 11 is 0. The molecule has 0 rings (SSSR count). The van der Waals surface area contributed by atoms with Crippen molar-refractivity contribution >= 4 is 21.7 Å². The molecule has 0 radical (unpaired) electrons. The molecule has 0 fully saturated rings. The molecule has 0 aliphatic heterocycles. The van der Waals surface area contributed by atoms with Crippen molar-refractivity contribution in [3.63, 3.8) is 0 Å². The van der Waals surface area contributed by atoms with Crippen molar-refractivity contribution in [2.24, 2.45) is 17.1 Å². The fourth-order valence-electron chi connectivity index (χ4n) is 1.81. The number of amides is 1. The van der Waals surface area contributed by atoms with Crippen LogP contribution in [0.3, 0.4) is 0 Å². The van der Waals surface area contributed by atoms with Gasteiger partial charge in [-0.05, 0) is 18.3 Å². The third-order valence-corrected chi connectivity index (χ3v) is 3.84. The fraction of sp³-hybridized carbons (Fsp3) is 0.846. The van der Waals surface area contributed by atoms with Crippen LogP contribution < -0.4 is 11.1 Å². The van der Waals surface area contributed by atoms with Gasteiger partial charge in [-0.15, -0.1) is 0 Å². The average Bonchev–Trinajstić information content (AvgIpc) is 2.28. The minimum atomic E-state index is -3.18. The van der Waals surface area contributed by atoms with E-state index < -0.39 is 33.7 Å². The summed E-state index contributed by atoms with van der Waals surface area (Å²) in [6.07, 6.45) is 1.50. The topological polar surface area (TPSA) is 127 Å². The summed E-state index contributed by atoms with van der Waals surface area (Å²) < 4.78 is 22.0. The third kappa shape index (κ3) is 10.3. The van der Waals surface area contributed by atoms with Gasteiger partial charge < -0.3 is 16.2 Å². The van der Waals surface area contributed by atoms with E-state index in [9.17, 15) is 18.0 Å². The lowest BCUT2D eigenvalue weighted by atomic mass is 9.84. The maximum Gasteiger partial charge on any atom is 0.308 e. The van der Waals surface area contributed by atoms with Gasteiger partial charge >= 0.3 is 5.97 Å². The number of rotatable bonds is 8. The second kappa shape index (κ2) is 7.74. The maximum atomic E-state index is 11.7. The monoisotopic (exact) mass is 322 g/mol. The smallest absolute Gasteiger partial charge is 0.308 e. The highest BCUT2D eigenvalue weighted by Gasteiger charge is 2.26. The second-order valence-corrected chi connectivity index (χ2v) is 8.83.